The molecule has 0 aliphatic rings. The van der Waals surface area contributed by atoms with Crippen LogP contribution in [0, 0.1) is 12.7 Å². The van der Waals surface area contributed by atoms with E-state index in [-0.39, 0.29) is 18.1 Å². The number of aryl methyl sites for hydroxylation is 1. The minimum atomic E-state index is -1.93. The molecule has 10 rings (SSSR count). The van der Waals surface area contributed by atoms with Gasteiger partial charge in [-0.15, -0.1) is 0 Å². The number of ether oxygens (including phenoxy) is 2. The first-order valence-electron chi connectivity index (χ1n) is 23.1. The molecular weight excluding hydrogens is 864 g/mol. The number of aromatic nitrogens is 2. The quantitative estimate of drug-likeness (QED) is 0.0946. The van der Waals surface area contributed by atoms with Crippen molar-refractivity contribution in [1.82, 2.24) is 9.13 Å². The molecule has 0 aliphatic heterocycles. The van der Waals surface area contributed by atoms with Crippen LogP contribution in [-0.2, 0) is 0 Å². The van der Waals surface area contributed by atoms with E-state index in [1.807, 2.05) is 43.3 Å². The van der Waals surface area contributed by atoms with E-state index in [2.05, 4.69) is 152 Å². The van der Waals surface area contributed by atoms with Crippen LogP contribution >= 0.6 is 0 Å². The lowest BCUT2D eigenvalue weighted by molar-refractivity contribution is 0.248. The van der Waals surface area contributed by atoms with Gasteiger partial charge >= 0.3 is 0 Å². The zero-order valence-corrected chi connectivity index (χ0v) is 41.1. The standard InChI is InChI=1S/C58H55FN2O4Si2/c1-37-31-47(57(62)53(32-37)60-49-21-12-8-17-41(49)42-18-9-13-22-50(42)60)45-33-38(59)25-27-55(45)64-29-16-30-65-56-28-26-39(66(2,3)4)34-46(56)48-35-40(67(5,6)7)36-54(58(48)63)61-51-23-14-10-19-43(51)44-20-11-15-24-52(44)61/h8-15,17-28,31-36,62-63H,16,29-30H2,1-7H3. The van der Waals surface area contributed by atoms with E-state index in [4.69, 9.17) is 9.47 Å². The Bertz CT molecular complexity index is 3430. The van der Waals surface area contributed by atoms with Gasteiger partial charge in [-0.2, -0.15) is 0 Å². The second-order valence-electron chi connectivity index (χ2n) is 19.7. The third-order valence-corrected chi connectivity index (χ3v) is 17.1. The molecule has 0 unspecified atom stereocenters. The van der Waals surface area contributed by atoms with Crippen molar-refractivity contribution in [3.8, 4) is 56.6 Å². The van der Waals surface area contributed by atoms with Crippen molar-refractivity contribution in [3.63, 3.8) is 0 Å². The summed E-state index contributed by atoms with van der Waals surface area (Å²) < 4.78 is 32.5. The topological polar surface area (TPSA) is 68.8 Å². The molecule has 0 amide bonds. The van der Waals surface area contributed by atoms with E-state index < -0.39 is 22.0 Å². The van der Waals surface area contributed by atoms with Gasteiger partial charge in [0, 0.05) is 50.2 Å². The summed E-state index contributed by atoms with van der Waals surface area (Å²) in [5.41, 5.74) is 8.82. The lowest BCUT2D eigenvalue weighted by Gasteiger charge is -2.24. The Labute approximate surface area is 393 Å². The van der Waals surface area contributed by atoms with Gasteiger partial charge in [0.05, 0.1) is 62.8 Å². The van der Waals surface area contributed by atoms with Crippen molar-refractivity contribution >= 4 is 70.1 Å². The first kappa shape index (κ1) is 43.8. The molecule has 10 aromatic rings. The van der Waals surface area contributed by atoms with Crippen molar-refractivity contribution in [2.75, 3.05) is 13.2 Å². The SMILES string of the molecule is Cc1cc(-c2cc(F)ccc2OCCCOc2ccc([Si](C)(C)C)cc2-c2cc([Si](C)(C)C)cc(-n3c4ccccc4c4ccccc43)c2O)c(O)c(-n2c3ccccc3c3ccccc32)c1. The van der Waals surface area contributed by atoms with Gasteiger partial charge in [0.2, 0.25) is 0 Å². The first-order valence-corrected chi connectivity index (χ1v) is 30.1. The number of hydrogen-bond acceptors (Lipinski definition) is 4. The summed E-state index contributed by atoms with van der Waals surface area (Å²) in [6.07, 6.45) is 0.520. The maximum Gasteiger partial charge on any atom is 0.147 e. The normalized spacial score (nSPS) is 12.2. The molecule has 2 heterocycles. The Kier molecular flexibility index (Phi) is 11.1. The van der Waals surface area contributed by atoms with Gasteiger partial charge in [-0.3, -0.25) is 0 Å². The summed E-state index contributed by atoms with van der Waals surface area (Å²) in [5.74, 6) is 0.957. The van der Waals surface area contributed by atoms with Crippen molar-refractivity contribution in [2.45, 2.75) is 52.6 Å². The fraction of sp³-hybridized carbons (Fsp3) is 0.172. The summed E-state index contributed by atoms with van der Waals surface area (Å²) in [5, 5.41) is 31.6. The largest absolute Gasteiger partial charge is 0.505 e. The molecule has 0 fully saturated rings. The number of para-hydroxylation sites is 4. The van der Waals surface area contributed by atoms with Gasteiger partial charge in [-0.1, -0.05) is 141 Å². The van der Waals surface area contributed by atoms with Crippen LogP contribution in [0.25, 0.3) is 77.2 Å². The van der Waals surface area contributed by atoms with Crippen LogP contribution in [0.15, 0.2) is 158 Å². The summed E-state index contributed by atoms with van der Waals surface area (Å²) in [7, 11) is -3.73. The number of nitrogens with zero attached hydrogens (tertiary/aromatic N) is 2. The molecule has 0 bridgehead atoms. The van der Waals surface area contributed by atoms with E-state index in [0.29, 0.717) is 41.3 Å². The number of halogens is 1. The molecular formula is C58H55FN2O4Si2. The van der Waals surface area contributed by atoms with Crippen LogP contribution in [0.1, 0.15) is 12.0 Å². The molecule has 0 saturated carbocycles. The highest BCUT2D eigenvalue weighted by atomic mass is 28.3. The van der Waals surface area contributed by atoms with Crippen LogP contribution < -0.4 is 19.8 Å². The van der Waals surface area contributed by atoms with Crippen molar-refractivity contribution in [1.29, 1.82) is 0 Å². The third kappa shape index (κ3) is 7.96. The van der Waals surface area contributed by atoms with E-state index >= 15 is 4.39 Å². The summed E-state index contributed by atoms with van der Waals surface area (Å²) in [4.78, 5) is 0. The van der Waals surface area contributed by atoms with Gasteiger partial charge in [0.25, 0.3) is 0 Å². The molecule has 67 heavy (non-hydrogen) atoms. The fourth-order valence-electron chi connectivity index (χ4n) is 9.52. The molecule has 0 radical (unpaired) electrons. The molecule has 9 heteroatoms. The Morgan fingerprint density at radius 3 is 1.33 bits per heavy atom. The highest BCUT2D eigenvalue weighted by Gasteiger charge is 2.27. The molecule has 0 atom stereocenters. The lowest BCUT2D eigenvalue weighted by atomic mass is 9.99. The molecule has 0 aliphatic carbocycles. The van der Waals surface area contributed by atoms with E-state index in [1.165, 1.54) is 22.5 Å². The maximum atomic E-state index is 15.2. The Morgan fingerprint density at radius 1 is 0.448 bits per heavy atom. The summed E-state index contributed by atoms with van der Waals surface area (Å²) in [6.45, 7) is 16.6. The average molecular weight is 919 g/mol. The zero-order valence-electron chi connectivity index (χ0n) is 39.1. The molecule has 336 valence electrons. The number of fused-ring (bicyclic) bond motifs is 6. The van der Waals surface area contributed by atoms with Gasteiger partial charge in [-0.05, 0) is 79.2 Å². The number of phenols is 2. The predicted octanol–water partition coefficient (Wildman–Crippen LogP) is 14.0. The van der Waals surface area contributed by atoms with Crippen molar-refractivity contribution < 1.29 is 24.1 Å². The van der Waals surface area contributed by atoms with Gasteiger partial charge in [0.15, 0.2) is 0 Å². The summed E-state index contributed by atoms with van der Waals surface area (Å²) in [6, 6.07) is 52.2. The molecule has 8 aromatic carbocycles. The minimum Gasteiger partial charge on any atom is -0.505 e. The van der Waals surface area contributed by atoms with Crippen LogP contribution in [0.3, 0.4) is 0 Å². The average Bonchev–Trinajstić information content (AvgIpc) is 3.82. The molecule has 2 N–H and O–H groups in total. The van der Waals surface area contributed by atoms with E-state index in [0.717, 1.165) is 66.0 Å². The molecule has 0 spiro atoms. The number of phenolic OH excluding ortho intramolecular Hbond substituents is 2. The lowest BCUT2D eigenvalue weighted by Crippen LogP contribution is -2.38. The second kappa shape index (κ2) is 17.0. The van der Waals surface area contributed by atoms with Crippen LogP contribution in [0.2, 0.25) is 39.3 Å². The van der Waals surface area contributed by atoms with Crippen LogP contribution in [0.5, 0.6) is 23.0 Å². The number of benzene rings is 8. The zero-order chi connectivity index (χ0) is 46.8. The van der Waals surface area contributed by atoms with Crippen LogP contribution in [0.4, 0.5) is 4.39 Å². The highest BCUT2D eigenvalue weighted by Crippen LogP contribution is 2.45. The fourth-order valence-corrected chi connectivity index (χ4v) is 11.8. The molecule has 0 saturated heterocycles. The summed E-state index contributed by atoms with van der Waals surface area (Å²) >= 11 is 0. The Balaban J connectivity index is 0.971. The minimum absolute atomic E-state index is 0.0351. The molecule has 6 nitrogen and oxygen atoms in total. The van der Waals surface area contributed by atoms with Crippen LogP contribution in [-0.4, -0.2) is 48.7 Å². The highest BCUT2D eigenvalue weighted by molar-refractivity contribution is 6.89. The second-order valence-corrected chi connectivity index (χ2v) is 29.9. The Morgan fingerprint density at radius 2 is 0.851 bits per heavy atom. The van der Waals surface area contributed by atoms with Gasteiger partial charge < -0.3 is 28.8 Å². The maximum absolute atomic E-state index is 15.2. The number of aromatic hydroxyl groups is 2. The Hall–Kier alpha value is -7.08. The van der Waals surface area contributed by atoms with Gasteiger partial charge in [-0.25, -0.2) is 4.39 Å². The first-order chi connectivity index (χ1) is 32.2. The predicted molar refractivity (Wildman–Crippen MR) is 282 cm³/mol. The van der Waals surface area contributed by atoms with Crippen molar-refractivity contribution in [2.24, 2.45) is 0 Å². The smallest absolute Gasteiger partial charge is 0.147 e. The van der Waals surface area contributed by atoms with E-state index in [9.17, 15) is 10.2 Å². The van der Waals surface area contributed by atoms with Crippen molar-refractivity contribution in [3.05, 3.63) is 169 Å². The molecule has 2 aromatic heterocycles. The third-order valence-electron chi connectivity index (χ3n) is 13.0. The number of hydrogen-bond donors (Lipinski definition) is 2. The van der Waals surface area contributed by atoms with E-state index in [1.54, 1.807) is 6.07 Å². The van der Waals surface area contributed by atoms with Gasteiger partial charge in [0.1, 0.15) is 28.8 Å². The number of rotatable bonds is 12. The monoisotopic (exact) mass is 918 g/mol.